The van der Waals surface area contributed by atoms with Gasteiger partial charge in [0.2, 0.25) is 5.91 Å². The largest absolute Gasteiger partial charge is 0.469 e. The molecule has 150 valence electrons. The smallest absolute Gasteiger partial charge is 0.243 e. The van der Waals surface area contributed by atoms with Crippen LogP contribution in [0.4, 0.5) is 5.13 Å². The maximum absolute atomic E-state index is 12.3. The molecule has 1 amide bonds. The second-order valence-corrected chi connectivity index (χ2v) is 8.78. The number of thiazole rings is 1. The Bertz CT molecular complexity index is 892. The number of allylic oxidation sites excluding steroid dienone is 1. The third-order valence-electron chi connectivity index (χ3n) is 4.08. The van der Waals surface area contributed by atoms with Crippen molar-refractivity contribution in [3.63, 3.8) is 0 Å². The summed E-state index contributed by atoms with van der Waals surface area (Å²) in [6, 6.07) is -0.684. The fraction of sp³-hybridized carbons (Fsp3) is 0.421. The second kappa shape index (κ2) is 8.15. The minimum absolute atomic E-state index is 0.0361. The van der Waals surface area contributed by atoms with Gasteiger partial charge in [-0.15, -0.1) is 0 Å². The molecule has 0 aromatic carbocycles. The molecule has 2 aromatic rings. The molecule has 28 heavy (non-hydrogen) atoms. The van der Waals surface area contributed by atoms with E-state index >= 15 is 0 Å². The van der Waals surface area contributed by atoms with Gasteiger partial charge >= 0.3 is 0 Å². The highest BCUT2D eigenvalue weighted by Crippen LogP contribution is 2.29. The number of nitrogens with two attached hydrogens (primary N) is 1. The van der Waals surface area contributed by atoms with Crippen LogP contribution in [-0.4, -0.2) is 32.7 Å². The van der Waals surface area contributed by atoms with Gasteiger partial charge in [0.25, 0.3) is 0 Å². The Morgan fingerprint density at radius 2 is 2.29 bits per heavy atom. The molecule has 0 saturated heterocycles. The predicted molar refractivity (Wildman–Crippen MR) is 110 cm³/mol. The summed E-state index contributed by atoms with van der Waals surface area (Å²) in [6.07, 6.45) is 11.1. The molecular weight excluding hydrogens is 376 g/mol. The van der Waals surface area contributed by atoms with Crippen molar-refractivity contribution in [3.05, 3.63) is 47.3 Å². The maximum Gasteiger partial charge on any atom is 0.243 e. The van der Waals surface area contributed by atoms with E-state index in [0.29, 0.717) is 11.6 Å². The SMILES string of the molecule is Cn1cnc(CC(N)C(=O)Nc2ncc(/C=C/C3NC=C(C(C)(C)C)O3)s2)c1. The minimum atomic E-state index is -0.684. The van der Waals surface area contributed by atoms with Gasteiger partial charge in [-0.2, -0.15) is 0 Å². The maximum atomic E-state index is 12.3. The molecule has 4 N–H and O–H groups in total. The first kappa shape index (κ1) is 20.1. The standard InChI is InChI=1S/C19H26N6O2S/c1-19(2,3)15-9-21-16(27-15)6-5-13-8-22-18(28-13)24-17(26)14(20)7-12-10-25(4)11-23-12/h5-6,8-11,14,16,21H,7,20H2,1-4H3,(H,22,24,26)/b6-5+. The topological polar surface area (TPSA) is 107 Å². The van der Waals surface area contributed by atoms with Gasteiger partial charge in [0.1, 0.15) is 5.76 Å². The molecule has 2 unspecified atom stereocenters. The predicted octanol–water partition coefficient (Wildman–Crippen LogP) is 2.23. The summed E-state index contributed by atoms with van der Waals surface area (Å²) in [5, 5.41) is 6.45. The first-order valence-electron chi connectivity index (χ1n) is 9.01. The molecule has 0 aliphatic carbocycles. The third-order valence-corrected chi connectivity index (χ3v) is 4.96. The molecule has 2 aromatic heterocycles. The first-order chi connectivity index (χ1) is 13.2. The lowest BCUT2D eigenvalue weighted by molar-refractivity contribution is -0.117. The van der Waals surface area contributed by atoms with Gasteiger partial charge in [0, 0.05) is 42.4 Å². The van der Waals surface area contributed by atoms with Gasteiger partial charge in [0.05, 0.1) is 18.1 Å². The molecule has 0 spiro atoms. The van der Waals surface area contributed by atoms with Gasteiger partial charge in [-0.3, -0.25) is 4.79 Å². The summed E-state index contributed by atoms with van der Waals surface area (Å²) < 4.78 is 7.68. The highest BCUT2D eigenvalue weighted by molar-refractivity contribution is 7.16. The Morgan fingerprint density at radius 3 is 2.93 bits per heavy atom. The van der Waals surface area contributed by atoms with Crippen LogP contribution in [-0.2, 0) is 23.0 Å². The molecule has 8 nitrogen and oxygen atoms in total. The van der Waals surface area contributed by atoms with E-state index in [1.807, 2.05) is 36.2 Å². The highest BCUT2D eigenvalue weighted by atomic mass is 32.1. The Morgan fingerprint density at radius 1 is 1.50 bits per heavy atom. The van der Waals surface area contributed by atoms with Crippen molar-refractivity contribution >= 4 is 28.5 Å². The summed E-state index contributed by atoms with van der Waals surface area (Å²) in [7, 11) is 1.87. The van der Waals surface area contributed by atoms with E-state index in [-0.39, 0.29) is 17.6 Å². The van der Waals surface area contributed by atoms with Crippen molar-refractivity contribution in [2.75, 3.05) is 5.32 Å². The van der Waals surface area contributed by atoms with Crippen LogP contribution in [0.15, 0.2) is 36.8 Å². The lowest BCUT2D eigenvalue weighted by Crippen LogP contribution is -2.37. The van der Waals surface area contributed by atoms with Gasteiger partial charge in [-0.1, -0.05) is 32.1 Å². The van der Waals surface area contributed by atoms with E-state index < -0.39 is 6.04 Å². The van der Waals surface area contributed by atoms with Crippen molar-refractivity contribution in [1.82, 2.24) is 19.9 Å². The molecule has 0 saturated carbocycles. The second-order valence-electron chi connectivity index (χ2n) is 7.72. The van der Waals surface area contributed by atoms with Crippen molar-refractivity contribution in [2.45, 2.75) is 39.5 Å². The third kappa shape index (κ3) is 5.20. The van der Waals surface area contributed by atoms with E-state index in [1.54, 1.807) is 12.5 Å². The number of rotatable bonds is 6. The number of anilines is 1. The van der Waals surface area contributed by atoms with Crippen molar-refractivity contribution in [2.24, 2.45) is 18.2 Å². The van der Waals surface area contributed by atoms with E-state index in [1.165, 1.54) is 11.3 Å². The number of nitrogens with one attached hydrogen (secondary N) is 2. The fourth-order valence-corrected chi connectivity index (χ4v) is 3.28. The summed E-state index contributed by atoms with van der Waals surface area (Å²) in [4.78, 5) is 21.6. The number of nitrogens with zero attached hydrogens (tertiary/aromatic N) is 3. The molecule has 3 rings (SSSR count). The summed E-state index contributed by atoms with van der Waals surface area (Å²) >= 11 is 1.37. The number of aryl methyl sites for hydroxylation is 1. The quantitative estimate of drug-likeness (QED) is 0.684. The van der Waals surface area contributed by atoms with Crippen LogP contribution < -0.4 is 16.4 Å². The zero-order chi connectivity index (χ0) is 20.3. The lowest BCUT2D eigenvalue weighted by Gasteiger charge is -2.20. The molecule has 9 heteroatoms. The number of imidazole rings is 1. The van der Waals surface area contributed by atoms with Gasteiger partial charge in [-0.25, -0.2) is 9.97 Å². The number of aromatic nitrogens is 3. The number of ether oxygens (including phenoxy) is 1. The van der Waals surface area contributed by atoms with Gasteiger partial charge in [0.15, 0.2) is 11.4 Å². The zero-order valence-electron chi connectivity index (χ0n) is 16.5. The van der Waals surface area contributed by atoms with Crippen LogP contribution >= 0.6 is 11.3 Å². The molecule has 0 bridgehead atoms. The molecule has 1 aliphatic rings. The van der Waals surface area contributed by atoms with Crippen LogP contribution in [0.5, 0.6) is 0 Å². The molecule has 0 fully saturated rings. The van der Waals surface area contributed by atoms with Crippen molar-refractivity contribution in [1.29, 1.82) is 0 Å². The van der Waals surface area contributed by atoms with E-state index in [2.05, 4.69) is 41.4 Å². The van der Waals surface area contributed by atoms with Crippen LogP contribution in [0, 0.1) is 5.41 Å². The monoisotopic (exact) mass is 402 g/mol. The summed E-state index contributed by atoms with van der Waals surface area (Å²) in [5.74, 6) is 0.636. The van der Waals surface area contributed by atoms with Crippen molar-refractivity contribution in [3.8, 4) is 0 Å². The van der Waals surface area contributed by atoms with E-state index in [0.717, 1.165) is 16.3 Å². The molecular formula is C19H26N6O2S. The number of carbonyl (C=O) groups is 1. The van der Waals surface area contributed by atoms with Crippen LogP contribution in [0.1, 0.15) is 31.3 Å². The highest BCUT2D eigenvalue weighted by Gasteiger charge is 2.25. The average Bonchev–Trinajstić information content (AvgIpc) is 3.33. The lowest BCUT2D eigenvalue weighted by atomic mass is 9.95. The Kier molecular flexibility index (Phi) is 5.85. The minimum Gasteiger partial charge on any atom is -0.469 e. The normalized spacial score (nSPS) is 17.9. The van der Waals surface area contributed by atoms with Crippen molar-refractivity contribution < 1.29 is 9.53 Å². The number of amides is 1. The van der Waals surface area contributed by atoms with E-state index in [9.17, 15) is 4.79 Å². The number of hydrogen-bond donors (Lipinski definition) is 3. The summed E-state index contributed by atoms with van der Waals surface area (Å²) in [6.45, 7) is 6.30. The van der Waals surface area contributed by atoms with Gasteiger partial charge < -0.3 is 25.7 Å². The fourth-order valence-electron chi connectivity index (χ4n) is 2.54. The van der Waals surface area contributed by atoms with Crippen LogP contribution in [0.25, 0.3) is 6.08 Å². The Balaban J connectivity index is 1.51. The first-order valence-corrected chi connectivity index (χ1v) is 9.83. The average molecular weight is 403 g/mol. The van der Waals surface area contributed by atoms with Crippen LogP contribution in [0.3, 0.4) is 0 Å². The number of carbonyl (C=O) groups excluding carboxylic acids is 1. The number of hydrogen-bond acceptors (Lipinski definition) is 7. The Labute approximate surface area is 168 Å². The molecule has 0 radical (unpaired) electrons. The Hall–Kier alpha value is -2.65. The molecule has 3 heterocycles. The van der Waals surface area contributed by atoms with Gasteiger partial charge in [-0.05, 0) is 12.2 Å². The molecule has 2 atom stereocenters. The molecule has 1 aliphatic heterocycles. The van der Waals surface area contributed by atoms with E-state index in [4.69, 9.17) is 10.5 Å². The zero-order valence-corrected chi connectivity index (χ0v) is 17.3. The van der Waals surface area contributed by atoms with Crippen LogP contribution in [0.2, 0.25) is 0 Å². The summed E-state index contributed by atoms with van der Waals surface area (Å²) in [5.41, 5.74) is 6.72.